The monoisotopic (exact) mass is 421 g/mol. The predicted molar refractivity (Wildman–Crippen MR) is 108 cm³/mol. The first-order valence-electron chi connectivity index (χ1n) is 8.80. The minimum atomic E-state index is -0.903. The Bertz CT molecular complexity index is 1190. The van der Waals surface area contributed by atoms with Crippen LogP contribution >= 0.6 is 11.8 Å². The Morgan fingerprint density at radius 3 is 2.20 bits per heavy atom. The number of thioether (sulfide) groups is 1. The highest BCUT2D eigenvalue weighted by molar-refractivity contribution is 7.99. The van der Waals surface area contributed by atoms with E-state index in [1.807, 2.05) is 12.1 Å². The van der Waals surface area contributed by atoms with Crippen LogP contribution in [0.5, 0.6) is 0 Å². The van der Waals surface area contributed by atoms with Crippen molar-refractivity contribution in [1.29, 1.82) is 0 Å². The Morgan fingerprint density at radius 2 is 1.57 bits per heavy atom. The largest absolute Gasteiger partial charge is 0.293 e. The molecule has 0 aliphatic carbocycles. The van der Waals surface area contributed by atoms with Gasteiger partial charge in [-0.25, -0.2) is 13.8 Å². The molecule has 9 heteroatoms. The van der Waals surface area contributed by atoms with E-state index in [-0.39, 0.29) is 16.5 Å². The second-order valence-corrected chi connectivity index (χ2v) is 7.00. The van der Waals surface area contributed by atoms with E-state index in [9.17, 15) is 13.6 Å². The summed E-state index contributed by atoms with van der Waals surface area (Å²) in [7, 11) is 0. The van der Waals surface area contributed by atoms with Crippen LogP contribution in [0.4, 0.5) is 8.78 Å². The van der Waals surface area contributed by atoms with Gasteiger partial charge in [-0.2, -0.15) is 0 Å². The van der Waals surface area contributed by atoms with Crippen LogP contribution in [0.1, 0.15) is 10.4 Å². The lowest BCUT2D eigenvalue weighted by atomic mass is 10.1. The smallest absolute Gasteiger partial charge is 0.210 e. The summed E-state index contributed by atoms with van der Waals surface area (Å²) in [6.07, 6.45) is 3.27. The van der Waals surface area contributed by atoms with Gasteiger partial charge < -0.3 is 0 Å². The van der Waals surface area contributed by atoms with Crippen LogP contribution in [0.25, 0.3) is 22.8 Å². The van der Waals surface area contributed by atoms with Gasteiger partial charge >= 0.3 is 0 Å². The van der Waals surface area contributed by atoms with Crippen molar-refractivity contribution in [3.63, 3.8) is 0 Å². The van der Waals surface area contributed by atoms with Crippen LogP contribution in [0.3, 0.4) is 0 Å². The molecule has 0 atom stereocenters. The molecular formula is C21H13F2N5OS. The Hall–Kier alpha value is -3.59. The minimum absolute atomic E-state index is 0.130. The van der Waals surface area contributed by atoms with Gasteiger partial charge in [0.15, 0.2) is 5.78 Å². The number of pyridine rings is 2. The van der Waals surface area contributed by atoms with Crippen LogP contribution in [0.15, 0.2) is 72.1 Å². The van der Waals surface area contributed by atoms with Crippen LogP contribution < -0.4 is 0 Å². The van der Waals surface area contributed by atoms with E-state index in [2.05, 4.69) is 25.1 Å². The number of benzene rings is 1. The zero-order valence-electron chi connectivity index (χ0n) is 15.4. The lowest BCUT2D eigenvalue weighted by molar-refractivity contribution is 0.101. The number of carbonyl (C=O) groups is 1. The van der Waals surface area contributed by atoms with Gasteiger partial charge in [-0.15, -0.1) is 10.2 Å². The summed E-state index contributed by atoms with van der Waals surface area (Å²) in [5, 5.41) is 8.53. The summed E-state index contributed by atoms with van der Waals surface area (Å²) in [5.74, 6) is -2.28. The molecule has 0 fully saturated rings. The molecule has 30 heavy (non-hydrogen) atoms. The lowest BCUT2D eigenvalue weighted by Gasteiger charge is -2.08. The normalized spacial score (nSPS) is 10.7. The lowest BCUT2D eigenvalue weighted by Crippen LogP contribution is -2.07. The van der Waals surface area contributed by atoms with E-state index >= 15 is 0 Å². The Balaban J connectivity index is 1.62. The van der Waals surface area contributed by atoms with Crippen LogP contribution in [-0.4, -0.2) is 36.7 Å². The molecule has 4 aromatic rings. The number of aromatic nitrogens is 5. The maximum atomic E-state index is 13.8. The van der Waals surface area contributed by atoms with Crippen LogP contribution in [0, 0.1) is 11.6 Å². The number of hydrogen-bond acceptors (Lipinski definition) is 7. The van der Waals surface area contributed by atoms with Crippen molar-refractivity contribution < 1.29 is 13.6 Å². The SMILES string of the molecule is O=C(CSc1nnc(-c2ccccn2)c(-c2ccccn2)n1)c1ccc(F)cc1F. The van der Waals surface area contributed by atoms with Crippen molar-refractivity contribution >= 4 is 17.5 Å². The number of carbonyl (C=O) groups excluding carboxylic acids is 1. The van der Waals surface area contributed by atoms with Gasteiger partial charge in [0.1, 0.15) is 23.0 Å². The molecule has 0 unspecified atom stereocenters. The van der Waals surface area contributed by atoms with Gasteiger partial charge in [0, 0.05) is 18.5 Å². The molecule has 148 valence electrons. The highest BCUT2D eigenvalue weighted by atomic mass is 32.2. The van der Waals surface area contributed by atoms with E-state index < -0.39 is 17.4 Å². The molecule has 0 amide bonds. The van der Waals surface area contributed by atoms with Crippen molar-refractivity contribution in [3.8, 4) is 22.8 Å². The van der Waals surface area contributed by atoms with Gasteiger partial charge in [0.2, 0.25) is 5.16 Å². The Labute approximate surface area is 174 Å². The molecule has 6 nitrogen and oxygen atoms in total. The Morgan fingerprint density at radius 1 is 0.867 bits per heavy atom. The second kappa shape index (κ2) is 8.83. The Kier molecular flexibility index (Phi) is 5.80. The fourth-order valence-corrected chi connectivity index (χ4v) is 3.32. The molecule has 0 saturated heterocycles. The molecule has 0 N–H and O–H groups in total. The zero-order valence-corrected chi connectivity index (χ0v) is 16.2. The molecule has 1 aromatic carbocycles. The predicted octanol–water partition coefficient (Wildman–Crippen LogP) is 4.25. The van der Waals surface area contributed by atoms with Crippen molar-refractivity contribution in [2.75, 3.05) is 5.75 Å². The first-order valence-corrected chi connectivity index (χ1v) is 9.79. The molecule has 3 aromatic heterocycles. The van der Waals surface area contributed by atoms with E-state index in [0.29, 0.717) is 28.8 Å². The molecule has 0 aliphatic heterocycles. The van der Waals surface area contributed by atoms with Gasteiger partial charge in [-0.05, 0) is 36.4 Å². The number of hydrogen-bond donors (Lipinski definition) is 0. The molecule has 0 bridgehead atoms. The van der Waals surface area contributed by atoms with E-state index in [1.165, 1.54) is 0 Å². The fraction of sp³-hybridized carbons (Fsp3) is 0.0476. The molecule has 0 spiro atoms. The topological polar surface area (TPSA) is 81.5 Å². The number of ketones is 1. The standard InChI is InChI=1S/C21H13F2N5OS/c22-13-7-8-14(15(23)11-13)18(29)12-30-21-26-19(16-5-1-3-9-24-16)20(27-28-21)17-6-2-4-10-25-17/h1-11H,12H2. The summed E-state index contributed by atoms with van der Waals surface area (Å²) in [6.45, 7) is 0. The first-order chi connectivity index (χ1) is 14.6. The van der Waals surface area contributed by atoms with Crippen LogP contribution in [0.2, 0.25) is 0 Å². The number of nitrogens with zero attached hydrogens (tertiary/aromatic N) is 5. The first kappa shape index (κ1) is 19.7. The molecule has 0 radical (unpaired) electrons. The van der Waals surface area contributed by atoms with Crippen molar-refractivity contribution in [2.24, 2.45) is 0 Å². The molecule has 3 heterocycles. The van der Waals surface area contributed by atoms with Crippen LogP contribution in [-0.2, 0) is 0 Å². The number of rotatable bonds is 6. The third-order valence-electron chi connectivity index (χ3n) is 4.05. The van der Waals surface area contributed by atoms with Crippen molar-refractivity contribution in [3.05, 3.63) is 84.2 Å². The van der Waals surface area contributed by atoms with Gasteiger partial charge in [0.25, 0.3) is 0 Å². The van der Waals surface area contributed by atoms with E-state index in [4.69, 9.17) is 0 Å². The maximum Gasteiger partial charge on any atom is 0.210 e. The van der Waals surface area contributed by atoms with Gasteiger partial charge in [-0.1, -0.05) is 23.9 Å². The average Bonchev–Trinajstić information content (AvgIpc) is 2.78. The van der Waals surface area contributed by atoms with Gasteiger partial charge in [0.05, 0.1) is 22.7 Å². The third kappa shape index (κ3) is 4.36. The maximum absolute atomic E-state index is 13.8. The molecule has 0 aliphatic rings. The summed E-state index contributed by atoms with van der Waals surface area (Å²) >= 11 is 1.01. The third-order valence-corrected chi connectivity index (χ3v) is 4.88. The number of halogens is 2. The summed E-state index contributed by atoms with van der Waals surface area (Å²) < 4.78 is 26.9. The molecule has 4 rings (SSSR count). The number of Topliss-reactive ketones (excluding diaryl/α,β-unsaturated/α-hetero) is 1. The quantitative estimate of drug-likeness (QED) is 0.340. The summed E-state index contributed by atoms with van der Waals surface area (Å²) in [6, 6.07) is 13.6. The molecular weight excluding hydrogens is 408 g/mol. The average molecular weight is 421 g/mol. The second-order valence-electron chi connectivity index (χ2n) is 6.06. The summed E-state index contributed by atoms with van der Waals surface area (Å²) in [5.41, 5.74) is 1.89. The van der Waals surface area contributed by atoms with E-state index in [0.717, 1.165) is 23.9 Å². The fourth-order valence-electron chi connectivity index (χ4n) is 2.65. The van der Waals surface area contributed by atoms with Crippen molar-refractivity contribution in [1.82, 2.24) is 25.1 Å². The molecule has 0 saturated carbocycles. The highest BCUT2D eigenvalue weighted by Crippen LogP contribution is 2.27. The minimum Gasteiger partial charge on any atom is -0.293 e. The highest BCUT2D eigenvalue weighted by Gasteiger charge is 2.18. The van der Waals surface area contributed by atoms with Crippen molar-refractivity contribution in [2.45, 2.75) is 5.16 Å². The summed E-state index contributed by atoms with van der Waals surface area (Å²) in [4.78, 5) is 25.4. The zero-order chi connectivity index (χ0) is 20.9. The van der Waals surface area contributed by atoms with E-state index in [1.54, 1.807) is 36.7 Å². The van der Waals surface area contributed by atoms with Gasteiger partial charge in [-0.3, -0.25) is 14.8 Å².